The van der Waals surface area contributed by atoms with E-state index in [2.05, 4.69) is 0 Å². The first-order valence-corrected chi connectivity index (χ1v) is 18.2. The number of benzene rings is 5. The second kappa shape index (κ2) is 18.5. The number of para-hydroxylation sites is 2. The SMILES string of the molecule is CCCN(Cc1ccc(Oc2ccccc2)cc1)C(=O)[C@@H]1[C@H](OC(=O)O)[C@@H](OC(=O)O)[C@H]1C(=O)N(Cc1ccccc1)Cc1ccc(Oc2ccccc2)cc1. The van der Waals surface area contributed by atoms with Crippen molar-refractivity contribution in [2.45, 2.75) is 45.2 Å². The van der Waals surface area contributed by atoms with Crippen LogP contribution in [0, 0.1) is 11.8 Å². The van der Waals surface area contributed by atoms with E-state index in [9.17, 15) is 29.4 Å². The molecular weight excluding hydrogens is 716 g/mol. The number of nitrogens with zero attached hydrogens (tertiary/aromatic N) is 2. The van der Waals surface area contributed by atoms with Crippen LogP contribution in [0.3, 0.4) is 0 Å². The molecule has 0 aromatic heterocycles. The van der Waals surface area contributed by atoms with Crippen LogP contribution in [0.15, 0.2) is 140 Å². The molecule has 5 aromatic carbocycles. The lowest BCUT2D eigenvalue weighted by Crippen LogP contribution is -2.68. The molecule has 2 amide bonds. The highest BCUT2D eigenvalue weighted by molar-refractivity contribution is 5.91. The molecule has 0 unspecified atom stereocenters. The summed E-state index contributed by atoms with van der Waals surface area (Å²) in [5.41, 5.74) is 2.28. The van der Waals surface area contributed by atoms with Gasteiger partial charge in [0.25, 0.3) is 0 Å². The molecule has 4 atom stereocenters. The summed E-state index contributed by atoms with van der Waals surface area (Å²) in [6.07, 6.45) is -6.03. The van der Waals surface area contributed by atoms with Crippen molar-refractivity contribution in [3.05, 3.63) is 156 Å². The number of carboxylic acid groups (broad SMARTS) is 2. The Kier molecular flexibility index (Phi) is 12.8. The average Bonchev–Trinajstić information content (AvgIpc) is 3.20. The first-order valence-electron chi connectivity index (χ1n) is 18.2. The van der Waals surface area contributed by atoms with Crippen molar-refractivity contribution in [1.82, 2.24) is 9.80 Å². The molecule has 0 bridgehead atoms. The Morgan fingerprint density at radius 2 is 0.821 bits per heavy atom. The number of hydrogen-bond acceptors (Lipinski definition) is 8. The molecule has 6 rings (SSSR count). The molecule has 0 radical (unpaired) electrons. The minimum atomic E-state index is -1.73. The maximum absolute atomic E-state index is 14.7. The van der Waals surface area contributed by atoms with Crippen molar-refractivity contribution in [2.75, 3.05) is 6.54 Å². The molecule has 56 heavy (non-hydrogen) atoms. The molecule has 12 heteroatoms. The maximum atomic E-state index is 14.7. The zero-order chi connectivity index (χ0) is 39.4. The quantitative estimate of drug-likeness (QED) is 0.0936. The number of hydrogen-bond donors (Lipinski definition) is 2. The highest BCUT2D eigenvalue weighted by Gasteiger charge is 2.63. The van der Waals surface area contributed by atoms with Gasteiger partial charge in [-0.05, 0) is 71.6 Å². The number of amides is 2. The predicted octanol–water partition coefficient (Wildman–Crippen LogP) is 8.61. The minimum absolute atomic E-state index is 0.0804. The lowest BCUT2D eigenvalue weighted by molar-refractivity contribution is -0.198. The van der Waals surface area contributed by atoms with E-state index < -0.39 is 48.2 Å². The summed E-state index contributed by atoms with van der Waals surface area (Å²) >= 11 is 0. The lowest BCUT2D eigenvalue weighted by Gasteiger charge is -2.49. The van der Waals surface area contributed by atoms with Gasteiger partial charge in [-0.15, -0.1) is 0 Å². The van der Waals surface area contributed by atoms with Crippen molar-refractivity contribution in [3.63, 3.8) is 0 Å². The zero-order valence-electron chi connectivity index (χ0n) is 30.7. The van der Waals surface area contributed by atoms with Gasteiger partial charge in [-0.1, -0.05) is 97.9 Å². The molecule has 1 fully saturated rings. The van der Waals surface area contributed by atoms with Gasteiger partial charge < -0.3 is 39.0 Å². The molecule has 0 spiro atoms. The second-order valence-electron chi connectivity index (χ2n) is 13.3. The van der Waals surface area contributed by atoms with E-state index in [0.717, 1.165) is 16.7 Å². The molecule has 0 saturated heterocycles. The topological polar surface area (TPSA) is 152 Å². The van der Waals surface area contributed by atoms with Crippen LogP contribution < -0.4 is 9.47 Å². The van der Waals surface area contributed by atoms with Crippen LogP contribution in [-0.4, -0.2) is 62.9 Å². The van der Waals surface area contributed by atoms with Gasteiger partial charge in [-0.25, -0.2) is 9.59 Å². The minimum Gasteiger partial charge on any atom is -0.457 e. The van der Waals surface area contributed by atoms with Crippen molar-refractivity contribution >= 4 is 24.1 Å². The van der Waals surface area contributed by atoms with Crippen LogP contribution in [0.4, 0.5) is 9.59 Å². The molecule has 5 aromatic rings. The smallest absolute Gasteiger partial charge is 0.457 e. The third-order valence-electron chi connectivity index (χ3n) is 9.35. The number of ether oxygens (including phenoxy) is 4. The van der Waals surface area contributed by atoms with Gasteiger partial charge in [0.2, 0.25) is 11.8 Å². The zero-order valence-corrected chi connectivity index (χ0v) is 30.7. The molecular formula is C44H42N2O10. The van der Waals surface area contributed by atoms with Crippen molar-refractivity contribution in [2.24, 2.45) is 11.8 Å². The summed E-state index contributed by atoms with van der Waals surface area (Å²) in [6.45, 7) is 2.48. The third-order valence-corrected chi connectivity index (χ3v) is 9.35. The third kappa shape index (κ3) is 10.0. The molecule has 288 valence electrons. The molecule has 1 saturated carbocycles. The monoisotopic (exact) mass is 758 g/mol. The number of carbonyl (C=O) groups excluding carboxylic acids is 2. The summed E-state index contributed by atoms with van der Waals surface area (Å²) in [6, 6.07) is 42.2. The number of rotatable bonds is 16. The molecule has 0 aliphatic heterocycles. The summed E-state index contributed by atoms with van der Waals surface area (Å²) in [7, 11) is 0. The van der Waals surface area contributed by atoms with Crippen LogP contribution in [-0.2, 0) is 38.7 Å². The Bertz CT molecular complexity index is 2060. The van der Waals surface area contributed by atoms with Gasteiger partial charge in [-0.3, -0.25) is 9.59 Å². The highest BCUT2D eigenvalue weighted by atomic mass is 16.7. The van der Waals surface area contributed by atoms with E-state index in [0.29, 0.717) is 29.4 Å². The van der Waals surface area contributed by atoms with Gasteiger partial charge >= 0.3 is 12.3 Å². The van der Waals surface area contributed by atoms with Crippen molar-refractivity contribution < 1.29 is 48.3 Å². The lowest BCUT2D eigenvalue weighted by atomic mass is 9.66. The Hall–Kier alpha value is -6.82. The van der Waals surface area contributed by atoms with Crippen LogP contribution in [0.25, 0.3) is 0 Å². The molecule has 0 heterocycles. The second-order valence-corrected chi connectivity index (χ2v) is 13.3. The van der Waals surface area contributed by atoms with Crippen LogP contribution in [0.2, 0.25) is 0 Å². The largest absolute Gasteiger partial charge is 0.506 e. The predicted molar refractivity (Wildman–Crippen MR) is 205 cm³/mol. The first kappa shape index (κ1) is 38.9. The molecule has 1 aliphatic carbocycles. The van der Waals surface area contributed by atoms with Gasteiger partial charge in [0.15, 0.2) is 12.2 Å². The standard InChI is InChI=1S/C44H42N2O10/c1-2-26-45(27-31-18-22-35(23-19-31)53-33-14-8-4-9-15-33)41(47)37-38(40(56-44(51)52)39(37)55-43(49)50)42(48)46(28-30-12-6-3-7-13-30)29-32-20-24-36(25-21-32)54-34-16-10-5-11-17-34/h3-25,37-40H,2,26-29H2,1H3,(H,49,50)(H,51,52)/t37-,38-,39-,40-/m0/s1. The van der Waals surface area contributed by atoms with Gasteiger partial charge in [-0.2, -0.15) is 0 Å². The van der Waals surface area contributed by atoms with Crippen LogP contribution in [0.1, 0.15) is 30.0 Å². The van der Waals surface area contributed by atoms with Gasteiger partial charge in [0.1, 0.15) is 23.0 Å². The fraction of sp³-hybridized carbons (Fsp3) is 0.227. The van der Waals surface area contributed by atoms with Crippen molar-refractivity contribution in [1.29, 1.82) is 0 Å². The van der Waals surface area contributed by atoms with E-state index >= 15 is 0 Å². The van der Waals surface area contributed by atoms with E-state index in [-0.39, 0.29) is 26.2 Å². The van der Waals surface area contributed by atoms with E-state index in [4.69, 9.17) is 18.9 Å². The fourth-order valence-corrected chi connectivity index (χ4v) is 6.76. The van der Waals surface area contributed by atoms with E-state index in [1.807, 2.05) is 122 Å². The fourth-order valence-electron chi connectivity index (χ4n) is 6.76. The molecule has 2 N–H and O–H groups in total. The van der Waals surface area contributed by atoms with E-state index in [1.54, 1.807) is 24.3 Å². The first-order chi connectivity index (χ1) is 27.2. The summed E-state index contributed by atoms with van der Waals surface area (Å²) in [5, 5.41) is 19.4. The number of carbonyl (C=O) groups is 4. The van der Waals surface area contributed by atoms with Crippen LogP contribution in [0.5, 0.6) is 23.0 Å². The maximum Gasteiger partial charge on any atom is 0.506 e. The highest BCUT2D eigenvalue weighted by Crippen LogP contribution is 2.43. The average molecular weight is 759 g/mol. The van der Waals surface area contributed by atoms with Gasteiger partial charge in [0, 0.05) is 26.2 Å². The Morgan fingerprint density at radius 1 is 0.482 bits per heavy atom. The van der Waals surface area contributed by atoms with Crippen molar-refractivity contribution in [3.8, 4) is 23.0 Å². The summed E-state index contributed by atoms with van der Waals surface area (Å²) < 4.78 is 22.1. The van der Waals surface area contributed by atoms with Crippen LogP contribution >= 0.6 is 0 Å². The molecule has 1 aliphatic rings. The Balaban J connectivity index is 1.27. The summed E-state index contributed by atoms with van der Waals surface area (Å²) in [4.78, 5) is 56.2. The Labute approximate surface area is 324 Å². The normalized spacial score (nSPS) is 17.1. The van der Waals surface area contributed by atoms with E-state index in [1.165, 1.54) is 9.80 Å². The Morgan fingerprint density at radius 3 is 1.21 bits per heavy atom. The van der Waals surface area contributed by atoms with Gasteiger partial charge in [0.05, 0.1) is 11.8 Å². The molecule has 12 nitrogen and oxygen atoms in total. The summed E-state index contributed by atoms with van der Waals surface area (Å²) in [5.74, 6) is -1.39.